The maximum Gasteiger partial charge on any atom is 0.129 e. The monoisotopic (exact) mass is 280 g/mol. The Bertz CT molecular complexity index is 419. The first kappa shape index (κ1) is 15.3. The Kier molecular flexibility index (Phi) is 5.80. The second-order valence-corrected chi connectivity index (χ2v) is 5.43. The van der Waals surface area contributed by atoms with Crippen LogP contribution >= 0.6 is 0 Å². The standard InChI is InChI=1S/C16H25FN2O/c1-3-9-18-11-14-15(17)7-4-8-16(14)19(2)12-13-6-5-10-20-13/h4,7-8,13,18H,3,5-6,9-12H2,1-2H3. The van der Waals surface area contributed by atoms with Crippen molar-refractivity contribution in [1.82, 2.24) is 5.32 Å². The molecule has 2 rings (SSSR count). The van der Waals surface area contributed by atoms with Gasteiger partial charge in [0.15, 0.2) is 0 Å². The Morgan fingerprint density at radius 1 is 1.45 bits per heavy atom. The van der Waals surface area contributed by atoms with Crippen molar-refractivity contribution >= 4 is 5.69 Å². The van der Waals surface area contributed by atoms with Crippen molar-refractivity contribution in [2.24, 2.45) is 0 Å². The van der Waals surface area contributed by atoms with Crippen LogP contribution < -0.4 is 10.2 Å². The Morgan fingerprint density at radius 3 is 3.00 bits per heavy atom. The molecule has 1 aromatic carbocycles. The van der Waals surface area contributed by atoms with Gasteiger partial charge in [-0.25, -0.2) is 4.39 Å². The Labute approximate surface area is 121 Å². The van der Waals surface area contributed by atoms with E-state index in [4.69, 9.17) is 4.74 Å². The summed E-state index contributed by atoms with van der Waals surface area (Å²) in [4.78, 5) is 2.11. The smallest absolute Gasteiger partial charge is 0.129 e. The Hall–Kier alpha value is -1.13. The number of halogens is 1. The van der Waals surface area contributed by atoms with E-state index in [1.165, 1.54) is 6.07 Å². The number of likely N-dealkylation sites (N-methyl/N-ethyl adjacent to an activating group) is 1. The molecule has 1 aliphatic heterocycles. The van der Waals surface area contributed by atoms with E-state index in [1.54, 1.807) is 6.07 Å². The predicted octanol–water partition coefficient (Wildman–Crippen LogP) is 2.94. The lowest BCUT2D eigenvalue weighted by atomic mass is 10.1. The third-order valence-electron chi connectivity index (χ3n) is 3.74. The SMILES string of the molecule is CCCNCc1c(F)cccc1N(C)CC1CCCO1. The first-order valence-electron chi connectivity index (χ1n) is 7.53. The molecule has 4 heteroatoms. The van der Waals surface area contributed by atoms with Gasteiger partial charge in [0.2, 0.25) is 0 Å². The molecule has 20 heavy (non-hydrogen) atoms. The van der Waals surface area contributed by atoms with Gasteiger partial charge in [-0.15, -0.1) is 0 Å². The van der Waals surface area contributed by atoms with Crippen LogP contribution in [0.2, 0.25) is 0 Å². The molecule has 1 aliphatic rings. The van der Waals surface area contributed by atoms with E-state index in [2.05, 4.69) is 17.1 Å². The Morgan fingerprint density at radius 2 is 2.30 bits per heavy atom. The average Bonchev–Trinajstić information content (AvgIpc) is 2.93. The van der Waals surface area contributed by atoms with Gasteiger partial charge in [-0.05, 0) is 37.9 Å². The maximum absolute atomic E-state index is 14.1. The molecule has 0 aromatic heterocycles. The second-order valence-electron chi connectivity index (χ2n) is 5.43. The number of anilines is 1. The lowest BCUT2D eigenvalue weighted by Gasteiger charge is -2.25. The number of hydrogen-bond donors (Lipinski definition) is 1. The zero-order valence-electron chi connectivity index (χ0n) is 12.5. The van der Waals surface area contributed by atoms with Crippen LogP contribution in [0.1, 0.15) is 31.7 Å². The van der Waals surface area contributed by atoms with Gasteiger partial charge in [0.05, 0.1) is 6.10 Å². The van der Waals surface area contributed by atoms with Gasteiger partial charge >= 0.3 is 0 Å². The van der Waals surface area contributed by atoms with Crippen molar-refractivity contribution in [3.05, 3.63) is 29.6 Å². The highest BCUT2D eigenvalue weighted by Gasteiger charge is 2.19. The third kappa shape index (κ3) is 3.93. The van der Waals surface area contributed by atoms with E-state index in [0.717, 1.165) is 50.2 Å². The lowest BCUT2D eigenvalue weighted by Crippen LogP contribution is -2.30. The number of benzene rings is 1. The third-order valence-corrected chi connectivity index (χ3v) is 3.74. The van der Waals surface area contributed by atoms with Crippen molar-refractivity contribution in [3.63, 3.8) is 0 Å². The quantitative estimate of drug-likeness (QED) is 0.777. The number of nitrogens with one attached hydrogen (secondary N) is 1. The molecule has 1 N–H and O–H groups in total. The first-order valence-corrected chi connectivity index (χ1v) is 7.53. The minimum atomic E-state index is -0.134. The lowest BCUT2D eigenvalue weighted by molar-refractivity contribution is 0.116. The van der Waals surface area contributed by atoms with Crippen LogP contribution in [-0.4, -0.2) is 32.8 Å². The van der Waals surface area contributed by atoms with E-state index >= 15 is 0 Å². The van der Waals surface area contributed by atoms with Crippen molar-refractivity contribution in [2.75, 3.05) is 31.6 Å². The summed E-state index contributed by atoms with van der Waals surface area (Å²) in [5, 5.41) is 3.28. The molecule has 0 bridgehead atoms. The fourth-order valence-corrected chi connectivity index (χ4v) is 2.66. The molecule has 1 atom stereocenters. The largest absolute Gasteiger partial charge is 0.376 e. The number of rotatable bonds is 7. The molecule has 112 valence electrons. The minimum absolute atomic E-state index is 0.134. The van der Waals surface area contributed by atoms with Crippen LogP contribution in [0.3, 0.4) is 0 Å². The van der Waals surface area contributed by atoms with Gasteiger partial charge in [0.1, 0.15) is 5.82 Å². The van der Waals surface area contributed by atoms with E-state index < -0.39 is 0 Å². The molecule has 0 radical (unpaired) electrons. The molecule has 1 fully saturated rings. The summed E-state index contributed by atoms with van der Waals surface area (Å²) in [5.41, 5.74) is 1.71. The molecule has 1 saturated heterocycles. The van der Waals surface area contributed by atoms with Gasteiger partial charge in [0.25, 0.3) is 0 Å². The fourth-order valence-electron chi connectivity index (χ4n) is 2.66. The highest BCUT2D eigenvalue weighted by Crippen LogP contribution is 2.24. The molecular formula is C16H25FN2O. The normalized spacial score (nSPS) is 18.4. The van der Waals surface area contributed by atoms with E-state index in [-0.39, 0.29) is 11.9 Å². The van der Waals surface area contributed by atoms with Gasteiger partial charge < -0.3 is 15.0 Å². The zero-order valence-corrected chi connectivity index (χ0v) is 12.5. The molecule has 1 unspecified atom stereocenters. The van der Waals surface area contributed by atoms with Crippen molar-refractivity contribution in [2.45, 2.75) is 38.8 Å². The maximum atomic E-state index is 14.1. The summed E-state index contributed by atoms with van der Waals surface area (Å²) in [7, 11) is 2.01. The molecule has 0 aliphatic carbocycles. The minimum Gasteiger partial charge on any atom is -0.376 e. The summed E-state index contributed by atoms with van der Waals surface area (Å²) in [6.45, 7) is 5.27. The summed E-state index contributed by atoms with van der Waals surface area (Å²) in [5.74, 6) is -0.134. The highest BCUT2D eigenvalue weighted by molar-refractivity contribution is 5.53. The van der Waals surface area contributed by atoms with Crippen molar-refractivity contribution in [1.29, 1.82) is 0 Å². The van der Waals surface area contributed by atoms with Gasteiger partial charge in [-0.1, -0.05) is 13.0 Å². The highest BCUT2D eigenvalue weighted by atomic mass is 19.1. The van der Waals surface area contributed by atoms with Crippen LogP contribution in [0.5, 0.6) is 0 Å². The molecular weight excluding hydrogens is 255 g/mol. The van der Waals surface area contributed by atoms with Crippen molar-refractivity contribution < 1.29 is 9.13 Å². The zero-order chi connectivity index (χ0) is 14.4. The van der Waals surface area contributed by atoms with Crippen LogP contribution in [0.25, 0.3) is 0 Å². The molecule has 0 amide bonds. The van der Waals surface area contributed by atoms with E-state index in [0.29, 0.717) is 6.54 Å². The molecule has 1 aromatic rings. The van der Waals surface area contributed by atoms with E-state index in [1.807, 2.05) is 13.1 Å². The summed E-state index contributed by atoms with van der Waals surface area (Å²) in [6.07, 6.45) is 3.56. The van der Waals surface area contributed by atoms with Gasteiger partial charge in [0, 0.05) is 38.0 Å². The molecule has 0 saturated carbocycles. The Balaban J connectivity index is 2.06. The second kappa shape index (κ2) is 7.60. The van der Waals surface area contributed by atoms with Crippen LogP contribution in [0, 0.1) is 5.82 Å². The predicted molar refractivity (Wildman–Crippen MR) is 80.6 cm³/mol. The number of nitrogens with zero attached hydrogens (tertiary/aromatic N) is 1. The number of ether oxygens (including phenoxy) is 1. The summed E-state index contributed by atoms with van der Waals surface area (Å²) < 4.78 is 19.7. The first-order chi connectivity index (χ1) is 9.72. The van der Waals surface area contributed by atoms with Crippen LogP contribution in [0.4, 0.5) is 10.1 Å². The fraction of sp³-hybridized carbons (Fsp3) is 0.625. The van der Waals surface area contributed by atoms with E-state index in [9.17, 15) is 4.39 Å². The molecule has 1 heterocycles. The topological polar surface area (TPSA) is 24.5 Å². The molecule has 0 spiro atoms. The summed E-state index contributed by atoms with van der Waals surface area (Å²) >= 11 is 0. The summed E-state index contributed by atoms with van der Waals surface area (Å²) in [6, 6.07) is 5.30. The number of hydrogen-bond acceptors (Lipinski definition) is 3. The van der Waals surface area contributed by atoms with Crippen molar-refractivity contribution in [3.8, 4) is 0 Å². The molecule has 3 nitrogen and oxygen atoms in total. The van der Waals surface area contributed by atoms with Crippen LogP contribution in [0.15, 0.2) is 18.2 Å². The van der Waals surface area contributed by atoms with Crippen LogP contribution in [-0.2, 0) is 11.3 Å². The average molecular weight is 280 g/mol. The van der Waals surface area contributed by atoms with Gasteiger partial charge in [-0.3, -0.25) is 0 Å². The van der Waals surface area contributed by atoms with Gasteiger partial charge in [-0.2, -0.15) is 0 Å².